The van der Waals surface area contributed by atoms with Gasteiger partial charge in [0.25, 0.3) is 0 Å². The predicted octanol–water partition coefficient (Wildman–Crippen LogP) is 1.86. The lowest BCUT2D eigenvalue weighted by molar-refractivity contribution is -0.107. The SMILES string of the molecule is C=C(CCC(OC)OC)C1(O)CCC1. The number of ether oxygens (including phenoxy) is 2. The van der Waals surface area contributed by atoms with Gasteiger partial charge in [0.1, 0.15) is 0 Å². The molecule has 0 aromatic heterocycles. The number of aliphatic hydroxyl groups is 1. The van der Waals surface area contributed by atoms with E-state index in [1.165, 1.54) is 0 Å². The van der Waals surface area contributed by atoms with E-state index in [4.69, 9.17) is 9.47 Å². The smallest absolute Gasteiger partial charge is 0.157 e. The molecule has 0 bridgehead atoms. The summed E-state index contributed by atoms with van der Waals surface area (Å²) >= 11 is 0. The van der Waals surface area contributed by atoms with Crippen LogP contribution in [0, 0.1) is 0 Å². The van der Waals surface area contributed by atoms with E-state index in [9.17, 15) is 5.11 Å². The predicted molar refractivity (Wildman–Crippen MR) is 55.0 cm³/mol. The summed E-state index contributed by atoms with van der Waals surface area (Å²) in [5.41, 5.74) is 0.328. The molecule has 0 saturated heterocycles. The Morgan fingerprint density at radius 2 is 2.00 bits per heavy atom. The summed E-state index contributed by atoms with van der Waals surface area (Å²) in [6.07, 6.45) is 4.16. The van der Waals surface area contributed by atoms with Crippen molar-refractivity contribution in [2.24, 2.45) is 0 Å². The van der Waals surface area contributed by atoms with Gasteiger partial charge in [-0.25, -0.2) is 0 Å². The highest BCUT2D eigenvalue weighted by molar-refractivity contribution is 5.16. The molecule has 0 aliphatic heterocycles. The van der Waals surface area contributed by atoms with Crippen LogP contribution < -0.4 is 0 Å². The summed E-state index contributed by atoms with van der Waals surface area (Å²) in [6, 6.07) is 0. The fourth-order valence-electron chi connectivity index (χ4n) is 1.72. The molecular weight excluding hydrogens is 180 g/mol. The Morgan fingerprint density at radius 3 is 2.36 bits per heavy atom. The maximum Gasteiger partial charge on any atom is 0.157 e. The van der Waals surface area contributed by atoms with E-state index in [1.54, 1.807) is 14.2 Å². The zero-order chi connectivity index (χ0) is 10.6. The van der Waals surface area contributed by atoms with Crippen LogP contribution in [0.25, 0.3) is 0 Å². The fourth-order valence-corrected chi connectivity index (χ4v) is 1.72. The molecule has 0 heterocycles. The summed E-state index contributed by atoms with van der Waals surface area (Å²) in [4.78, 5) is 0. The van der Waals surface area contributed by atoms with Crippen LogP contribution in [0.1, 0.15) is 32.1 Å². The summed E-state index contributed by atoms with van der Waals surface area (Å²) in [6.45, 7) is 3.93. The molecule has 0 radical (unpaired) electrons. The molecule has 0 amide bonds. The molecule has 1 aliphatic carbocycles. The molecule has 3 nitrogen and oxygen atoms in total. The summed E-state index contributed by atoms with van der Waals surface area (Å²) < 4.78 is 10.1. The molecule has 0 atom stereocenters. The van der Waals surface area contributed by atoms with Gasteiger partial charge in [-0.1, -0.05) is 6.58 Å². The van der Waals surface area contributed by atoms with Gasteiger partial charge >= 0.3 is 0 Å². The topological polar surface area (TPSA) is 38.7 Å². The van der Waals surface area contributed by atoms with Gasteiger partial charge in [-0.15, -0.1) is 0 Å². The Morgan fingerprint density at radius 1 is 1.43 bits per heavy atom. The van der Waals surface area contributed by atoms with Crippen LogP contribution in [0.15, 0.2) is 12.2 Å². The van der Waals surface area contributed by atoms with E-state index in [2.05, 4.69) is 6.58 Å². The van der Waals surface area contributed by atoms with Gasteiger partial charge < -0.3 is 14.6 Å². The van der Waals surface area contributed by atoms with Crippen LogP contribution in [-0.2, 0) is 9.47 Å². The molecule has 3 heteroatoms. The average molecular weight is 200 g/mol. The molecule has 0 unspecified atom stereocenters. The molecule has 82 valence electrons. The van der Waals surface area contributed by atoms with Crippen LogP contribution >= 0.6 is 0 Å². The quantitative estimate of drug-likeness (QED) is 0.525. The normalized spacial score (nSPS) is 19.4. The van der Waals surface area contributed by atoms with Crippen molar-refractivity contribution < 1.29 is 14.6 Å². The van der Waals surface area contributed by atoms with Crippen molar-refractivity contribution in [3.63, 3.8) is 0 Å². The molecule has 0 aromatic rings. The van der Waals surface area contributed by atoms with Crippen molar-refractivity contribution >= 4 is 0 Å². The molecule has 0 spiro atoms. The lowest BCUT2D eigenvalue weighted by Crippen LogP contribution is -2.38. The van der Waals surface area contributed by atoms with Crippen molar-refractivity contribution in [1.29, 1.82) is 0 Å². The molecular formula is C11H20O3. The molecule has 1 fully saturated rings. The zero-order valence-electron chi connectivity index (χ0n) is 9.08. The van der Waals surface area contributed by atoms with Gasteiger partial charge in [0.05, 0.1) is 5.60 Å². The maximum atomic E-state index is 9.96. The van der Waals surface area contributed by atoms with E-state index >= 15 is 0 Å². The molecule has 1 aliphatic rings. The highest BCUT2D eigenvalue weighted by Gasteiger charge is 2.36. The first-order valence-corrected chi connectivity index (χ1v) is 5.08. The van der Waals surface area contributed by atoms with Crippen molar-refractivity contribution in [1.82, 2.24) is 0 Å². The van der Waals surface area contributed by atoms with Crippen molar-refractivity contribution in [3.05, 3.63) is 12.2 Å². The van der Waals surface area contributed by atoms with Crippen LogP contribution in [-0.4, -0.2) is 31.2 Å². The number of methoxy groups -OCH3 is 2. The number of hydrogen-bond donors (Lipinski definition) is 1. The van der Waals surface area contributed by atoms with Gasteiger partial charge in [0.15, 0.2) is 6.29 Å². The Labute approximate surface area is 85.7 Å². The third kappa shape index (κ3) is 2.56. The standard InChI is InChI=1S/C11H20O3/c1-9(11(12)7-4-8-11)5-6-10(13-2)14-3/h10,12H,1,4-8H2,2-3H3. The highest BCUT2D eigenvalue weighted by Crippen LogP contribution is 2.39. The van der Waals surface area contributed by atoms with Gasteiger partial charge in [0.2, 0.25) is 0 Å². The molecule has 1 N–H and O–H groups in total. The van der Waals surface area contributed by atoms with E-state index in [-0.39, 0.29) is 6.29 Å². The Balaban J connectivity index is 2.27. The van der Waals surface area contributed by atoms with Gasteiger partial charge in [-0.05, 0) is 31.3 Å². The minimum absolute atomic E-state index is 0.185. The Hall–Kier alpha value is -0.380. The first-order valence-electron chi connectivity index (χ1n) is 5.08. The number of rotatable bonds is 6. The van der Waals surface area contributed by atoms with E-state index in [0.717, 1.165) is 37.7 Å². The zero-order valence-corrected chi connectivity index (χ0v) is 9.08. The van der Waals surface area contributed by atoms with E-state index < -0.39 is 5.60 Å². The van der Waals surface area contributed by atoms with E-state index in [1.807, 2.05) is 0 Å². The van der Waals surface area contributed by atoms with E-state index in [0.29, 0.717) is 0 Å². The Kier molecular flexibility index (Phi) is 4.11. The lowest BCUT2D eigenvalue weighted by atomic mass is 9.74. The summed E-state index contributed by atoms with van der Waals surface area (Å²) in [5, 5.41) is 9.96. The Bertz CT molecular complexity index is 193. The van der Waals surface area contributed by atoms with Crippen molar-refractivity contribution in [2.45, 2.75) is 44.0 Å². The van der Waals surface area contributed by atoms with Crippen LogP contribution in [0.4, 0.5) is 0 Å². The van der Waals surface area contributed by atoms with Crippen LogP contribution in [0.5, 0.6) is 0 Å². The minimum Gasteiger partial charge on any atom is -0.386 e. The van der Waals surface area contributed by atoms with Gasteiger partial charge in [-0.2, -0.15) is 0 Å². The van der Waals surface area contributed by atoms with Gasteiger partial charge in [0, 0.05) is 20.6 Å². The number of hydrogen-bond acceptors (Lipinski definition) is 3. The lowest BCUT2D eigenvalue weighted by Gasteiger charge is -2.38. The monoisotopic (exact) mass is 200 g/mol. The van der Waals surface area contributed by atoms with Gasteiger partial charge in [-0.3, -0.25) is 0 Å². The molecule has 1 rings (SSSR count). The minimum atomic E-state index is -0.591. The van der Waals surface area contributed by atoms with Crippen LogP contribution in [0.3, 0.4) is 0 Å². The van der Waals surface area contributed by atoms with Crippen molar-refractivity contribution in [3.8, 4) is 0 Å². The molecule has 0 aromatic carbocycles. The second kappa shape index (κ2) is 4.91. The first-order chi connectivity index (χ1) is 6.62. The maximum absolute atomic E-state index is 9.96. The summed E-state index contributed by atoms with van der Waals surface area (Å²) in [7, 11) is 3.24. The molecule has 14 heavy (non-hydrogen) atoms. The van der Waals surface area contributed by atoms with Crippen molar-refractivity contribution in [2.75, 3.05) is 14.2 Å². The second-order valence-electron chi connectivity index (χ2n) is 3.93. The van der Waals surface area contributed by atoms with Crippen LogP contribution in [0.2, 0.25) is 0 Å². The molecule has 1 saturated carbocycles. The first kappa shape index (κ1) is 11.7. The average Bonchev–Trinajstić information content (AvgIpc) is 2.15. The highest BCUT2D eigenvalue weighted by atomic mass is 16.7. The second-order valence-corrected chi connectivity index (χ2v) is 3.93. The fraction of sp³-hybridized carbons (Fsp3) is 0.818. The largest absolute Gasteiger partial charge is 0.386 e. The third-order valence-electron chi connectivity index (χ3n) is 3.05. The summed E-state index contributed by atoms with van der Waals surface area (Å²) in [5.74, 6) is 0. The third-order valence-corrected chi connectivity index (χ3v) is 3.05.